The second kappa shape index (κ2) is 4.80. The molecular weight excluding hydrogens is 238 g/mol. The van der Waals surface area contributed by atoms with Crippen LogP contribution in [0.3, 0.4) is 0 Å². The number of nitrogens with zero attached hydrogens (tertiary/aromatic N) is 2. The maximum absolute atomic E-state index is 5.32. The maximum Gasteiger partial charge on any atom is 0.133 e. The SMILES string of the molecule is CC(C)n1cc(CNc2ccc3occc3c2)cn1. The van der Waals surface area contributed by atoms with E-state index in [9.17, 15) is 0 Å². The summed E-state index contributed by atoms with van der Waals surface area (Å²) in [6.07, 6.45) is 5.69. The predicted molar refractivity (Wildman–Crippen MR) is 76.2 cm³/mol. The number of fused-ring (bicyclic) bond motifs is 1. The number of furan rings is 1. The van der Waals surface area contributed by atoms with Crippen LogP contribution in [0.15, 0.2) is 47.3 Å². The molecule has 0 saturated carbocycles. The minimum Gasteiger partial charge on any atom is -0.464 e. The Labute approximate surface area is 112 Å². The van der Waals surface area contributed by atoms with Gasteiger partial charge in [0.2, 0.25) is 0 Å². The molecule has 0 unspecified atom stereocenters. The van der Waals surface area contributed by atoms with Gasteiger partial charge >= 0.3 is 0 Å². The van der Waals surface area contributed by atoms with E-state index in [-0.39, 0.29) is 0 Å². The van der Waals surface area contributed by atoms with Crippen molar-refractivity contribution in [2.45, 2.75) is 26.4 Å². The third-order valence-electron chi connectivity index (χ3n) is 3.13. The molecule has 0 aliphatic heterocycles. The standard InChI is InChI=1S/C15H17N3O/c1-11(2)18-10-12(9-17-18)8-16-14-3-4-15-13(7-14)5-6-19-15/h3-7,9-11,16H,8H2,1-2H3. The third-order valence-corrected chi connectivity index (χ3v) is 3.13. The summed E-state index contributed by atoms with van der Waals surface area (Å²) in [7, 11) is 0. The molecule has 1 aromatic carbocycles. The predicted octanol–water partition coefficient (Wildman–Crippen LogP) is 3.82. The summed E-state index contributed by atoms with van der Waals surface area (Å²) in [4.78, 5) is 0. The zero-order valence-electron chi connectivity index (χ0n) is 11.1. The summed E-state index contributed by atoms with van der Waals surface area (Å²) in [5.74, 6) is 0. The van der Waals surface area contributed by atoms with E-state index in [1.54, 1.807) is 6.26 Å². The fourth-order valence-corrected chi connectivity index (χ4v) is 2.03. The lowest BCUT2D eigenvalue weighted by Crippen LogP contribution is -2.01. The highest BCUT2D eigenvalue weighted by Crippen LogP contribution is 2.20. The van der Waals surface area contributed by atoms with Crippen molar-refractivity contribution in [1.29, 1.82) is 0 Å². The highest BCUT2D eigenvalue weighted by atomic mass is 16.3. The molecule has 98 valence electrons. The molecule has 4 heteroatoms. The lowest BCUT2D eigenvalue weighted by Gasteiger charge is -2.05. The Morgan fingerprint density at radius 2 is 2.21 bits per heavy atom. The van der Waals surface area contributed by atoms with Crippen LogP contribution in [-0.4, -0.2) is 9.78 Å². The van der Waals surface area contributed by atoms with Crippen LogP contribution in [0.2, 0.25) is 0 Å². The van der Waals surface area contributed by atoms with Gasteiger partial charge in [-0.3, -0.25) is 4.68 Å². The molecule has 0 aliphatic carbocycles. The van der Waals surface area contributed by atoms with Crippen LogP contribution in [-0.2, 0) is 6.54 Å². The van der Waals surface area contributed by atoms with Crippen LogP contribution in [0.5, 0.6) is 0 Å². The Morgan fingerprint density at radius 1 is 1.32 bits per heavy atom. The molecule has 3 rings (SSSR count). The number of anilines is 1. The average Bonchev–Trinajstić information content (AvgIpc) is 3.04. The number of benzene rings is 1. The minimum absolute atomic E-state index is 0.399. The zero-order chi connectivity index (χ0) is 13.2. The minimum atomic E-state index is 0.399. The van der Waals surface area contributed by atoms with Crippen molar-refractivity contribution in [3.63, 3.8) is 0 Å². The molecule has 0 fully saturated rings. The molecule has 0 bridgehead atoms. The van der Waals surface area contributed by atoms with Crippen LogP contribution in [0.4, 0.5) is 5.69 Å². The first kappa shape index (κ1) is 11.8. The highest BCUT2D eigenvalue weighted by Gasteiger charge is 2.02. The van der Waals surface area contributed by atoms with Crippen LogP contribution < -0.4 is 5.32 Å². The number of rotatable bonds is 4. The van der Waals surface area contributed by atoms with E-state index in [1.165, 1.54) is 5.56 Å². The molecule has 4 nitrogen and oxygen atoms in total. The van der Waals surface area contributed by atoms with Crippen LogP contribution >= 0.6 is 0 Å². The average molecular weight is 255 g/mol. The Bertz CT molecular complexity index is 681. The van der Waals surface area contributed by atoms with Gasteiger partial charge in [0.1, 0.15) is 5.58 Å². The fourth-order valence-electron chi connectivity index (χ4n) is 2.03. The quantitative estimate of drug-likeness (QED) is 0.770. The fraction of sp³-hybridized carbons (Fsp3) is 0.267. The Kier molecular flexibility index (Phi) is 2.99. The van der Waals surface area contributed by atoms with Crippen molar-refractivity contribution in [1.82, 2.24) is 9.78 Å². The van der Waals surface area contributed by atoms with E-state index in [1.807, 2.05) is 29.1 Å². The number of aromatic nitrogens is 2. The van der Waals surface area contributed by atoms with Gasteiger partial charge in [-0.2, -0.15) is 5.10 Å². The summed E-state index contributed by atoms with van der Waals surface area (Å²) in [5, 5.41) is 8.85. The summed E-state index contributed by atoms with van der Waals surface area (Å²) in [5.41, 5.74) is 3.19. The van der Waals surface area contributed by atoms with E-state index in [2.05, 4.69) is 36.5 Å². The van der Waals surface area contributed by atoms with Crippen LogP contribution in [0.1, 0.15) is 25.5 Å². The second-order valence-corrected chi connectivity index (χ2v) is 4.95. The highest BCUT2D eigenvalue weighted by molar-refractivity contribution is 5.81. The van der Waals surface area contributed by atoms with Gasteiger partial charge in [0, 0.05) is 35.4 Å². The van der Waals surface area contributed by atoms with Gasteiger partial charge in [-0.1, -0.05) is 0 Å². The van der Waals surface area contributed by atoms with Crippen molar-refractivity contribution in [2.75, 3.05) is 5.32 Å². The molecule has 2 aromatic heterocycles. The lowest BCUT2D eigenvalue weighted by molar-refractivity contribution is 0.532. The number of nitrogens with one attached hydrogen (secondary N) is 1. The summed E-state index contributed by atoms with van der Waals surface area (Å²) in [6, 6.07) is 8.47. The molecule has 0 spiro atoms. The van der Waals surface area contributed by atoms with E-state index >= 15 is 0 Å². The first-order valence-corrected chi connectivity index (χ1v) is 6.46. The van der Waals surface area contributed by atoms with Crippen molar-refractivity contribution in [3.8, 4) is 0 Å². The van der Waals surface area contributed by atoms with Crippen LogP contribution in [0, 0.1) is 0 Å². The Hall–Kier alpha value is -2.23. The topological polar surface area (TPSA) is 43.0 Å². The van der Waals surface area contributed by atoms with Gasteiger partial charge in [0.15, 0.2) is 0 Å². The molecule has 0 amide bonds. The third kappa shape index (κ3) is 2.47. The molecule has 0 saturated heterocycles. The van der Waals surface area contributed by atoms with Gasteiger partial charge in [0.05, 0.1) is 12.5 Å². The summed E-state index contributed by atoms with van der Waals surface area (Å²) >= 11 is 0. The molecule has 1 N–H and O–H groups in total. The summed E-state index contributed by atoms with van der Waals surface area (Å²) in [6.45, 7) is 5.02. The molecule has 2 heterocycles. The second-order valence-electron chi connectivity index (χ2n) is 4.95. The maximum atomic E-state index is 5.32. The first-order valence-electron chi connectivity index (χ1n) is 6.46. The number of hydrogen-bond acceptors (Lipinski definition) is 3. The zero-order valence-corrected chi connectivity index (χ0v) is 11.1. The molecule has 0 aliphatic rings. The number of hydrogen-bond donors (Lipinski definition) is 1. The first-order chi connectivity index (χ1) is 9.22. The molecule has 0 radical (unpaired) electrons. The van der Waals surface area contributed by atoms with Crippen molar-refractivity contribution >= 4 is 16.7 Å². The molecular formula is C15H17N3O. The summed E-state index contributed by atoms with van der Waals surface area (Å²) < 4.78 is 7.29. The van der Waals surface area contributed by atoms with Gasteiger partial charge < -0.3 is 9.73 Å². The lowest BCUT2D eigenvalue weighted by atomic mass is 10.2. The van der Waals surface area contributed by atoms with Crippen LogP contribution in [0.25, 0.3) is 11.0 Å². The normalized spacial score (nSPS) is 11.3. The van der Waals surface area contributed by atoms with E-state index < -0.39 is 0 Å². The van der Waals surface area contributed by atoms with Crippen molar-refractivity contribution in [3.05, 3.63) is 48.5 Å². The Balaban J connectivity index is 1.70. The molecule has 0 atom stereocenters. The van der Waals surface area contributed by atoms with E-state index in [0.717, 1.165) is 23.2 Å². The van der Waals surface area contributed by atoms with Crippen molar-refractivity contribution in [2.24, 2.45) is 0 Å². The van der Waals surface area contributed by atoms with Gasteiger partial charge in [0.25, 0.3) is 0 Å². The smallest absolute Gasteiger partial charge is 0.133 e. The monoisotopic (exact) mass is 255 g/mol. The van der Waals surface area contributed by atoms with Gasteiger partial charge in [-0.15, -0.1) is 0 Å². The Morgan fingerprint density at radius 3 is 3.00 bits per heavy atom. The molecule has 19 heavy (non-hydrogen) atoms. The largest absolute Gasteiger partial charge is 0.464 e. The van der Waals surface area contributed by atoms with E-state index in [0.29, 0.717) is 6.04 Å². The van der Waals surface area contributed by atoms with Crippen molar-refractivity contribution < 1.29 is 4.42 Å². The van der Waals surface area contributed by atoms with E-state index in [4.69, 9.17) is 4.42 Å². The van der Waals surface area contributed by atoms with Gasteiger partial charge in [-0.25, -0.2) is 0 Å². The van der Waals surface area contributed by atoms with Gasteiger partial charge in [-0.05, 0) is 38.1 Å². The molecule has 3 aromatic rings.